The summed E-state index contributed by atoms with van der Waals surface area (Å²) in [5.74, 6) is 0.527. The van der Waals surface area contributed by atoms with E-state index in [-0.39, 0.29) is 28.0 Å². The Kier molecular flexibility index (Phi) is 8.98. The van der Waals surface area contributed by atoms with Crippen LogP contribution in [0.1, 0.15) is 50.3 Å². The van der Waals surface area contributed by atoms with Crippen molar-refractivity contribution in [3.63, 3.8) is 0 Å². The fourth-order valence-corrected chi connectivity index (χ4v) is 4.63. The van der Waals surface area contributed by atoms with Gasteiger partial charge in [-0.15, -0.1) is 0 Å². The van der Waals surface area contributed by atoms with E-state index in [9.17, 15) is 14.7 Å². The molecule has 0 unspecified atom stereocenters. The predicted octanol–water partition coefficient (Wildman–Crippen LogP) is 6.29. The summed E-state index contributed by atoms with van der Waals surface area (Å²) in [5, 5.41) is 14.4. The number of rotatable bonds is 10. The minimum Gasteiger partial charge on any atom is -0.496 e. The van der Waals surface area contributed by atoms with Crippen molar-refractivity contribution in [3.05, 3.63) is 80.6 Å². The van der Waals surface area contributed by atoms with Gasteiger partial charge in [0.05, 0.1) is 35.9 Å². The van der Waals surface area contributed by atoms with Crippen molar-refractivity contribution in [2.75, 3.05) is 13.7 Å². The summed E-state index contributed by atoms with van der Waals surface area (Å²) >= 11 is 6.48. The number of para-hydroxylation sites is 1. The van der Waals surface area contributed by atoms with E-state index >= 15 is 0 Å². The number of aryl methyl sites for hydroxylation is 1. The molecule has 1 aromatic heterocycles. The highest BCUT2D eigenvalue weighted by molar-refractivity contribution is 6.32. The molecule has 0 fully saturated rings. The van der Waals surface area contributed by atoms with Crippen molar-refractivity contribution in [3.8, 4) is 28.6 Å². The molecule has 0 aliphatic heterocycles. The van der Waals surface area contributed by atoms with Crippen LogP contribution in [0, 0.1) is 6.92 Å². The zero-order chi connectivity index (χ0) is 29.8. The van der Waals surface area contributed by atoms with Crippen molar-refractivity contribution in [2.45, 2.75) is 46.6 Å². The number of nitrogens with zero attached hydrogens (tertiary/aromatic N) is 3. The maximum atomic E-state index is 13.7. The second-order valence-electron chi connectivity index (χ2n) is 9.74. The Morgan fingerprint density at radius 3 is 2.54 bits per heavy atom. The largest absolute Gasteiger partial charge is 0.496 e. The fourth-order valence-electron chi connectivity index (χ4n) is 4.36. The number of carboxylic acids is 1. The van der Waals surface area contributed by atoms with Crippen LogP contribution < -0.4 is 19.8 Å². The minimum atomic E-state index is -1.14. The summed E-state index contributed by atoms with van der Waals surface area (Å²) in [6.07, 6.45) is 0.335. The molecule has 9 nitrogen and oxygen atoms in total. The lowest BCUT2D eigenvalue weighted by Gasteiger charge is -2.18. The minimum absolute atomic E-state index is 0.112. The van der Waals surface area contributed by atoms with Crippen LogP contribution in [-0.2, 0) is 4.79 Å². The lowest BCUT2D eigenvalue weighted by Crippen LogP contribution is -2.23. The number of ether oxygens (including phenoxy) is 3. The average Bonchev–Trinajstić information content (AvgIpc) is 2.93. The lowest BCUT2D eigenvalue weighted by atomic mass is 9.96. The Labute approximate surface area is 243 Å². The lowest BCUT2D eigenvalue weighted by molar-refractivity contribution is -0.144. The highest BCUT2D eigenvalue weighted by Crippen LogP contribution is 2.37. The Morgan fingerprint density at radius 2 is 1.88 bits per heavy atom. The van der Waals surface area contributed by atoms with Crippen LogP contribution in [-0.4, -0.2) is 46.8 Å². The molecular formula is C31H32ClN3O6. The Bertz CT molecular complexity index is 1700. The maximum Gasteiger partial charge on any atom is 0.344 e. The van der Waals surface area contributed by atoms with Gasteiger partial charge in [-0.25, -0.2) is 9.78 Å². The summed E-state index contributed by atoms with van der Waals surface area (Å²) in [6, 6.07) is 14.2. The molecule has 0 spiro atoms. The molecule has 4 rings (SSSR count). The molecule has 0 radical (unpaired) electrons. The van der Waals surface area contributed by atoms with Gasteiger partial charge in [-0.2, -0.15) is 9.78 Å². The molecule has 214 valence electrons. The highest BCUT2D eigenvalue weighted by atomic mass is 35.5. The van der Waals surface area contributed by atoms with E-state index in [4.69, 9.17) is 30.8 Å². The van der Waals surface area contributed by atoms with Gasteiger partial charge in [0, 0.05) is 5.56 Å². The number of aromatic nitrogens is 2. The number of hydrogen-bond acceptors (Lipinski definition) is 7. The highest BCUT2D eigenvalue weighted by Gasteiger charge is 2.21. The zero-order valence-electron chi connectivity index (χ0n) is 23.8. The number of carbonyl (C=O) groups is 1. The van der Waals surface area contributed by atoms with Crippen molar-refractivity contribution >= 4 is 34.7 Å². The third-order valence-corrected chi connectivity index (χ3v) is 6.77. The molecule has 0 saturated carbocycles. The first-order valence-electron chi connectivity index (χ1n) is 13.2. The maximum absolute atomic E-state index is 13.7. The summed E-state index contributed by atoms with van der Waals surface area (Å²) in [6.45, 7) is 9.55. The number of halogens is 1. The summed E-state index contributed by atoms with van der Waals surface area (Å²) in [5.41, 5.74) is 3.31. The van der Waals surface area contributed by atoms with E-state index in [2.05, 4.69) is 18.9 Å². The van der Waals surface area contributed by atoms with Gasteiger partial charge in [-0.3, -0.25) is 4.79 Å². The second kappa shape index (κ2) is 12.4. The van der Waals surface area contributed by atoms with Crippen molar-refractivity contribution in [1.82, 2.24) is 9.66 Å². The van der Waals surface area contributed by atoms with Gasteiger partial charge in [0.2, 0.25) is 0 Å². The summed E-state index contributed by atoms with van der Waals surface area (Å²) in [4.78, 5) is 29.9. The Hall–Kier alpha value is -4.37. The van der Waals surface area contributed by atoms with Gasteiger partial charge in [0.1, 0.15) is 5.75 Å². The van der Waals surface area contributed by atoms with Gasteiger partial charge >= 0.3 is 5.97 Å². The van der Waals surface area contributed by atoms with E-state index in [1.807, 2.05) is 25.1 Å². The van der Waals surface area contributed by atoms with Crippen LogP contribution in [0.5, 0.6) is 17.2 Å². The monoisotopic (exact) mass is 577 g/mol. The molecule has 1 heterocycles. The molecular weight excluding hydrogens is 546 g/mol. The smallest absolute Gasteiger partial charge is 0.344 e. The third-order valence-electron chi connectivity index (χ3n) is 6.49. The number of hydrogen-bond donors (Lipinski definition) is 1. The van der Waals surface area contributed by atoms with Crippen LogP contribution >= 0.6 is 11.6 Å². The number of carboxylic acid groups (broad SMARTS) is 1. The molecule has 3 aromatic carbocycles. The number of benzene rings is 3. The molecule has 0 amide bonds. The van der Waals surface area contributed by atoms with E-state index in [1.165, 1.54) is 17.8 Å². The van der Waals surface area contributed by atoms with Crippen LogP contribution in [0.3, 0.4) is 0 Å². The molecule has 0 saturated heterocycles. The van der Waals surface area contributed by atoms with Crippen molar-refractivity contribution < 1.29 is 24.1 Å². The number of fused-ring (bicyclic) bond motifs is 1. The van der Waals surface area contributed by atoms with E-state index in [0.717, 1.165) is 22.4 Å². The van der Waals surface area contributed by atoms with Crippen molar-refractivity contribution in [1.29, 1.82) is 0 Å². The number of aliphatic carboxylic acids is 1. The van der Waals surface area contributed by atoms with Gasteiger partial charge in [0.15, 0.2) is 23.4 Å². The second-order valence-corrected chi connectivity index (χ2v) is 10.1. The zero-order valence-corrected chi connectivity index (χ0v) is 24.5. The fraction of sp³-hybridized carbons (Fsp3) is 0.290. The SMILES string of the molecule is CCOc1cc(C=Nn2c(-c3cc(C(C)C)c(OC)cc3C)nc3ccccc3c2=O)cc(Cl)c1O[C@@H](C)C(=O)O. The quantitative estimate of drug-likeness (QED) is 0.220. The van der Waals surface area contributed by atoms with Crippen LogP contribution in [0.15, 0.2) is 58.4 Å². The Balaban J connectivity index is 1.90. The van der Waals surface area contributed by atoms with E-state index in [0.29, 0.717) is 28.9 Å². The van der Waals surface area contributed by atoms with Crippen molar-refractivity contribution in [2.24, 2.45) is 5.10 Å². The molecule has 41 heavy (non-hydrogen) atoms. The number of methoxy groups -OCH3 is 1. The topological polar surface area (TPSA) is 112 Å². The summed E-state index contributed by atoms with van der Waals surface area (Å²) < 4.78 is 18.1. The molecule has 10 heteroatoms. The average molecular weight is 578 g/mol. The first kappa shape index (κ1) is 29.6. The van der Waals surface area contributed by atoms with Crippen LogP contribution in [0.2, 0.25) is 5.02 Å². The van der Waals surface area contributed by atoms with Gasteiger partial charge in [-0.05, 0) is 79.8 Å². The van der Waals surface area contributed by atoms with E-state index < -0.39 is 12.1 Å². The van der Waals surface area contributed by atoms with Gasteiger partial charge in [0.25, 0.3) is 5.56 Å². The van der Waals surface area contributed by atoms with Gasteiger partial charge in [-0.1, -0.05) is 37.6 Å². The molecule has 1 N–H and O–H groups in total. The molecule has 4 aromatic rings. The summed E-state index contributed by atoms with van der Waals surface area (Å²) in [7, 11) is 1.63. The van der Waals surface area contributed by atoms with Crippen LogP contribution in [0.4, 0.5) is 0 Å². The standard InChI is InChI=1S/C31H32ClN3O6/c1-7-40-27-14-20(13-24(32)28(27)41-19(5)31(37)38)16-33-35-29(34-25-11-9-8-10-21(25)30(35)36)23-15-22(17(2)3)26(39-6)12-18(23)4/h8-17,19H,7H2,1-6H3,(H,37,38)/t19-/m0/s1. The third kappa shape index (κ3) is 6.20. The van der Waals surface area contributed by atoms with E-state index in [1.54, 1.807) is 44.4 Å². The first-order chi connectivity index (χ1) is 19.5. The normalized spacial score (nSPS) is 12.2. The molecule has 0 aliphatic carbocycles. The molecule has 0 bridgehead atoms. The van der Waals surface area contributed by atoms with Gasteiger partial charge < -0.3 is 19.3 Å². The van der Waals surface area contributed by atoms with Crippen LogP contribution in [0.25, 0.3) is 22.3 Å². The predicted molar refractivity (Wildman–Crippen MR) is 160 cm³/mol. The molecule has 1 atom stereocenters. The Morgan fingerprint density at radius 1 is 1.15 bits per heavy atom. The molecule has 0 aliphatic rings. The first-order valence-corrected chi connectivity index (χ1v) is 13.5.